The molecular weight excluding hydrogens is 335 g/mol. The van der Waals surface area contributed by atoms with Gasteiger partial charge in [-0.05, 0) is 30.3 Å². The molecule has 0 radical (unpaired) electrons. The summed E-state index contributed by atoms with van der Waals surface area (Å²) in [7, 11) is 0. The van der Waals surface area contributed by atoms with Gasteiger partial charge in [0.05, 0.1) is 16.3 Å². The second-order valence-electron chi connectivity index (χ2n) is 3.76. The molecule has 0 saturated heterocycles. The number of furan rings is 1. The van der Waals surface area contributed by atoms with Crippen molar-refractivity contribution in [1.29, 1.82) is 0 Å². The van der Waals surface area contributed by atoms with Gasteiger partial charge in [-0.15, -0.1) is 0 Å². The van der Waals surface area contributed by atoms with E-state index in [0.717, 1.165) is 5.56 Å². The van der Waals surface area contributed by atoms with Gasteiger partial charge in [0.2, 0.25) is 0 Å². The highest BCUT2D eigenvalue weighted by Crippen LogP contribution is 2.29. The zero-order chi connectivity index (χ0) is 14.7. The Morgan fingerprint density at radius 2 is 1.90 bits per heavy atom. The Bertz CT molecular complexity index is 710. The van der Waals surface area contributed by atoms with E-state index in [0.29, 0.717) is 21.6 Å². The molecule has 2 rings (SSSR count). The van der Waals surface area contributed by atoms with Crippen LogP contribution in [0.3, 0.4) is 0 Å². The first-order valence-corrected chi connectivity index (χ1v) is 6.97. The summed E-state index contributed by atoms with van der Waals surface area (Å²) in [5.41, 5.74) is 6.16. The fourth-order valence-corrected chi connectivity index (χ4v) is 1.82. The molecule has 0 amide bonds. The molecule has 1 heterocycles. The van der Waals surface area contributed by atoms with Crippen LogP contribution in [0, 0.1) is 0 Å². The lowest BCUT2D eigenvalue weighted by molar-refractivity contribution is 0.575. The van der Waals surface area contributed by atoms with E-state index >= 15 is 0 Å². The number of aliphatic imine (C=N–C) groups is 1. The van der Waals surface area contributed by atoms with Crippen LogP contribution in [0.2, 0.25) is 10.0 Å². The molecule has 0 spiro atoms. The number of halogens is 2. The van der Waals surface area contributed by atoms with Crippen LogP contribution >= 0.6 is 47.6 Å². The Labute approximate surface area is 136 Å². The standard InChI is InChI=1S/C13H8Cl2N2OS2/c14-9-3-1-7(5-10(9)15)11-4-2-8(18-11)6-17-13(20)12(16)19/h1-6H,(H2,16,19). The Balaban J connectivity index is 2.22. The molecule has 0 aliphatic carbocycles. The summed E-state index contributed by atoms with van der Waals surface area (Å²) in [6, 6.07) is 8.79. The largest absolute Gasteiger partial charge is 0.455 e. The highest BCUT2D eigenvalue weighted by atomic mass is 35.5. The third-order valence-electron chi connectivity index (χ3n) is 2.35. The zero-order valence-corrected chi connectivity index (χ0v) is 13.1. The van der Waals surface area contributed by atoms with Gasteiger partial charge in [0.25, 0.3) is 0 Å². The Morgan fingerprint density at radius 3 is 2.55 bits per heavy atom. The zero-order valence-electron chi connectivity index (χ0n) is 9.97. The third kappa shape index (κ3) is 3.64. The number of nitrogens with zero attached hydrogens (tertiary/aromatic N) is 1. The summed E-state index contributed by atoms with van der Waals surface area (Å²) < 4.78 is 5.60. The van der Waals surface area contributed by atoms with Crippen LogP contribution in [-0.2, 0) is 0 Å². The highest BCUT2D eigenvalue weighted by Gasteiger charge is 2.06. The number of thiocarbonyl (C=S) groups is 2. The van der Waals surface area contributed by atoms with E-state index in [1.807, 2.05) is 6.07 Å². The van der Waals surface area contributed by atoms with Crippen LogP contribution in [0.15, 0.2) is 39.7 Å². The smallest absolute Gasteiger partial charge is 0.160 e. The molecule has 2 N–H and O–H groups in total. The summed E-state index contributed by atoms with van der Waals surface area (Å²) in [5.74, 6) is 1.18. The molecule has 20 heavy (non-hydrogen) atoms. The first kappa shape index (κ1) is 15.1. The summed E-state index contributed by atoms with van der Waals surface area (Å²) in [6.45, 7) is 0. The lowest BCUT2D eigenvalue weighted by Gasteiger charge is -1.99. The van der Waals surface area contributed by atoms with E-state index in [1.54, 1.807) is 24.3 Å². The Kier molecular flexibility index (Phi) is 4.88. The van der Waals surface area contributed by atoms with Crippen LogP contribution in [0.4, 0.5) is 0 Å². The van der Waals surface area contributed by atoms with Gasteiger partial charge in [-0.1, -0.05) is 47.6 Å². The topological polar surface area (TPSA) is 51.5 Å². The van der Waals surface area contributed by atoms with Crippen LogP contribution in [0.1, 0.15) is 5.76 Å². The first-order chi connectivity index (χ1) is 9.47. The number of rotatable bonds is 2. The van der Waals surface area contributed by atoms with E-state index in [9.17, 15) is 0 Å². The van der Waals surface area contributed by atoms with Gasteiger partial charge in [-0.2, -0.15) is 0 Å². The van der Waals surface area contributed by atoms with E-state index in [2.05, 4.69) is 4.99 Å². The fourth-order valence-electron chi connectivity index (χ4n) is 1.41. The van der Waals surface area contributed by atoms with Crippen molar-refractivity contribution in [3.8, 4) is 11.3 Å². The van der Waals surface area contributed by atoms with E-state index in [-0.39, 0.29) is 9.98 Å². The molecule has 7 heteroatoms. The molecule has 0 bridgehead atoms. The van der Waals surface area contributed by atoms with E-state index in [1.165, 1.54) is 6.21 Å². The van der Waals surface area contributed by atoms with Crippen molar-refractivity contribution in [3.05, 3.63) is 46.1 Å². The average Bonchev–Trinajstić information content (AvgIpc) is 2.87. The normalized spacial score (nSPS) is 10.9. The Hall–Kier alpha value is -1.27. The average molecular weight is 343 g/mol. The second kappa shape index (κ2) is 6.45. The summed E-state index contributed by atoms with van der Waals surface area (Å²) >= 11 is 21.4. The van der Waals surface area contributed by atoms with Crippen molar-refractivity contribution in [2.45, 2.75) is 0 Å². The fraction of sp³-hybridized carbons (Fsp3) is 0. The van der Waals surface area contributed by atoms with Gasteiger partial charge in [-0.3, -0.25) is 0 Å². The summed E-state index contributed by atoms with van der Waals surface area (Å²) in [4.78, 5) is 4.17. The minimum Gasteiger partial charge on any atom is -0.455 e. The molecule has 0 aliphatic rings. The molecule has 0 saturated carbocycles. The number of nitrogens with two attached hydrogens (primary N) is 1. The van der Waals surface area contributed by atoms with Crippen LogP contribution < -0.4 is 5.73 Å². The van der Waals surface area contributed by atoms with Crippen molar-refractivity contribution in [2.75, 3.05) is 0 Å². The number of benzene rings is 1. The molecule has 2 aromatic rings. The molecule has 102 valence electrons. The highest BCUT2D eigenvalue weighted by molar-refractivity contribution is 7.89. The quantitative estimate of drug-likeness (QED) is 0.653. The molecule has 1 aromatic carbocycles. The van der Waals surface area contributed by atoms with E-state index < -0.39 is 0 Å². The summed E-state index contributed by atoms with van der Waals surface area (Å²) in [6.07, 6.45) is 1.46. The van der Waals surface area contributed by atoms with Gasteiger partial charge < -0.3 is 10.2 Å². The van der Waals surface area contributed by atoms with Crippen molar-refractivity contribution >= 4 is 63.8 Å². The van der Waals surface area contributed by atoms with Gasteiger partial charge in [0.15, 0.2) is 4.99 Å². The predicted molar refractivity (Wildman–Crippen MR) is 91.1 cm³/mol. The number of hydrogen-bond donors (Lipinski definition) is 1. The molecular formula is C13H8Cl2N2OS2. The lowest BCUT2D eigenvalue weighted by Crippen LogP contribution is -2.16. The maximum Gasteiger partial charge on any atom is 0.160 e. The molecule has 3 nitrogen and oxygen atoms in total. The van der Waals surface area contributed by atoms with Gasteiger partial charge >= 0.3 is 0 Å². The third-order valence-corrected chi connectivity index (χ3v) is 3.74. The molecule has 0 atom stereocenters. The van der Waals surface area contributed by atoms with Crippen molar-refractivity contribution in [2.24, 2.45) is 10.7 Å². The van der Waals surface area contributed by atoms with Gasteiger partial charge in [0.1, 0.15) is 16.5 Å². The maximum atomic E-state index is 5.96. The van der Waals surface area contributed by atoms with E-state index in [4.69, 9.17) is 57.8 Å². The van der Waals surface area contributed by atoms with Crippen LogP contribution in [-0.4, -0.2) is 16.2 Å². The number of hydrogen-bond acceptors (Lipinski definition) is 3. The Morgan fingerprint density at radius 1 is 1.15 bits per heavy atom. The molecule has 0 aliphatic heterocycles. The van der Waals surface area contributed by atoms with Crippen LogP contribution in [0.5, 0.6) is 0 Å². The van der Waals surface area contributed by atoms with Crippen LogP contribution in [0.25, 0.3) is 11.3 Å². The van der Waals surface area contributed by atoms with Gasteiger partial charge in [0, 0.05) is 5.56 Å². The van der Waals surface area contributed by atoms with Gasteiger partial charge in [-0.25, -0.2) is 4.99 Å². The molecule has 0 unspecified atom stereocenters. The van der Waals surface area contributed by atoms with Crippen molar-refractivity contribution in [3.63, 3.8) is 0 Å². The first-order valence-electron chi connectivity index (χ1n) is 5.40. The predicted octanol–water partition coefficient (Wildman–Crippen LogP) is 4.29. The second-order valence-corrected chi connectivity index (χ2v) is 5.40. The molecule has 0 fully saturated rings. The van der Waals surface area contributed by atoms with Crippen molar-refractivity contribution < 1.29 is 4.42 Å². The summed E-state index contributed by atoms with van der Waals surface area (Å²) in [5, 5.41) is 0.955. The molecule has 1 aromatic heterocycles. The van der Waals surface area contributed by atoms with Crippen molar-refractivity contribution in [1.82, 2.24) is 0 Å². The monoisotopic (exact) mass is 342 g/mol. The minimum absolute atomic E-state index is 0.0764. The SMILES string of the molecule is NC(=S)C(=S)N=Cc1ccc(-c2ccc(Cl)c(Cl)c2)o1. The lowest BCUT2D eigenvalue weighted by atomic mass is 10.2. The maximum absolute atomic E-state index is 5.96. The minimum atomic E-state index is 0.0764.